The van der Waals surface area contributed by atoms with Gasteiger partial charge in [0, 0.05) is 24.0 Å². The predicted molar refractivity (Wildman–Crippen MR) is 113 cm³/mol. The third-order valence-electron chi connectivity index (χ3n) is 4.81. The second kappa shape index (κ2) is 9.75. The summed E-state index contributed by atoms with van der Waals surface area (Å²) in [5.41, 5.74) is 6.44. The summed E-state index contributed by atoms with van der Waals surface area (Å²) >= 11 is 0. The van der Waals surface area contributed by atoms with E-state index in [9.17, 15) is 0 Å². The van der Waals surface area contributed by atoms with Gasteiger partial charge < -0.3 is 14.8 Å². The molecule has 2 rings (SSSR count). The van der Waals surface area contributed by atoms with Crippen LogP contribution in [0.25, 0.3) is 0 Å². The molecule has 1 aromatic carbocycles. The molecule has 0 aliphatic rings. The van der Waals surface area contributed by atoms with Gasteiger partial charge in [0.1, 0.15) is 5.75 Å². The van der Waals surface area contributed by atoms with E-state index in [4.69, 9.17) is 14.5 Å². The highest BCUT2D eigenvalue weighted by Crippen LogP contribution is 2.34. The first-order valence-corrected chi connectivity index (χ1v) is 9.99. The molecule has 0 saturated heterocycles. The number of pyridine rings is 1. The van der Waals surface area contributed by atoms with Crippen LogP contribution in [0.3, 0.4) is 0 Å². The molecule has 0 amide bonds. The van der Waals surface area contributed by atoms with Gasteiger partial charge in [0.15, 0.2) is 0 Å². The lowest BCUT2D eigenvalue weighted by Crippen LogP contribution is -2.19. The fourth-order valence-electron chi connectivity index (χ4n) is 3.37. The maximum absolute atomic E-state index is 6.36. The maximum atomic E-state index is 6.36. The summed E-state index contributed by atoms with van der Waals surface area (Å²) < 4.78 is 12.1. The molecule has 148 valence electrons. The Kier molecular flexibility index (Phi) is 7.66. The SMILES string of the molecule is CCOCc1c(NC(CC)CC)cc(C)nc1Oc1c(C)cc(C)cc1C. The molecule has 2 aromatic rings. The number of benzene rings is 1. The smallest absolute Gasteiger partial charge is 0.227 e. The average Bonchev–Trinajstić information content (AvgIpc) is 2.61. The monoisotopic (exact) mass is 370 g/mol. The third kappa shape index (κ3) is 5.46. The van der Waals surface area contributed by atoms with E-state index in [1.807, 2.05) is 13.8 Å². The Morgan fingerprint density at radius 3 is 2.15 bits per heavy atom. The molecule has 4 heteroatoms. The van der Waals surface area contributed by atoms with Crippen molar-refractivity contribution in [2.75, 3.05) is 11.9 Å². The first kappa shape index (κ1) is 21.2. The van der Waals surface area contributed by atoms with Gasteiger partial charge >= 0.3 is 0 Å². The zero-order valence-electron chi connectivity index (χ0n) is 17.9. The van der Waals surface area contributed by atoms with Crippen molar-refractivity contribution in [3.8, 4) is 11.6 Å². The van der Waals surface area contributed by atoms with Crippen LogP contribution >= 0.6 is 0 Å². The van der Waals surface area contributed by atoms with Crippen LogP contribution in [0.5, 0.6) is 11.6 Å². The molecule has 0 bridgehead atoms. The van der Waals surface area contributed by atoms with Crippen molar-refractivity contribution in [1.82, 2.24) is 4.98 Å². The molecule has 0 radical (unpaired) electrons. The molecular weight excluding hydrogens is 336 g/mol. The number of nitrogens with zero attached hydrogens (tertiary/aromatic N) is 1. The molecule has 4 nitrogen and oxygen atoms in total. The first-order valence-electron chi connectivity index (χ1n) is 9.99. The fraction of sp³-hybridized carbons (Fsp3) is 0.522. The third-order valence-corrected chi connectivity index (χ3v) is 4.81. The molecule has 0 saturated carbocycles. The van der Waals surface area contributed by atoms with Crippen LogP contribution in [0.15, 0.2) is 18.2 Å². The Morgan fingerprint density at radius 1 is 0.963 bits per heavy atom. The van der Waals surface area contributed by atoms with Crippen molar-refractivity contribution >= 4 is 5.69 Å². The van der Waals surface area contributed by atoms with Gasteiger partial charge in [-0.05, 0) is 64.7 Å². The van der Waals surface area contributed by atoms with Crippen molar-refractivity contribution in [3.05, 3.63) is 46.1 Å². The van der Waals surface area contributed by atoms with Gasteiger partial charge in [0.2, 0.25) is 5.88 Å². The molecule has 0 aliphatic heterocycles. The molecule has 0 atom stereocenters. The number of ether oxygens (including phenoxy) is 2. The van der Waals surface area contributed by atoms with Gasteiger partial charge in [-0.1, -0.05) is 31.5 Å². The lowest BCUT2D eigenvalue weighted by atomic mass is 10.1. The van der Waals surface area contributed by atoms with E-state index >= 15 is 0 Å². The number of hydrogen-bond donors (Lipinski definition) is 1. The second-order valence-corrected chi connectivity index (χ2v) is 7.22. The average molecular weight is 371 g/mol. The van der Waals surface area contributed by atoms with Gasteiger partial charge in [-0.25, -0.2) is 4.98 Å². The van der Waals surface area contributed by atoms with Crippen molar-refractivity contribution in [2.24, 2.45) is 0 Å². The van der Waals surface area contributed by atoms with E-state index in [1.165, 1.54) is 5.56 Å². The molecule has 0 unspecified atom stereocenters. The fourth-order valence-corrected chi connectivity index (χ4v) is 3.37. The van der Waals surface area contributed by atoms with E-state index < -0.39 is 0 Å². The maximum Gasteiger partial charge on any atom is 0.227 e. The highest BCUT2D eigenvalue weighted by atomic mass is 16.5. The second-order valence-electron chi connectivity index (χ2n) is 7.22. The number of aryl methyl sites for hydroxylation is 4. The normalized spacial score (nSPS) is 11.1. The Labute approximate surface area is 164 Å². The lowest BCUT2D eigenvalue weighted by molar-refractivity contribution is 0.132. The molecule has 0 fully saturated rings. The van der Waals surface area contributed by atoms with Crippen LogP contribution in [-0.4, -0.2) is 17.6 Å². The topological polar surface area (TPSA) is 43.4 Å². The molecule has 0 spiro atoms. The predicted octanol–water partition coefficient (Wildman–Crippen LogP) is 6.24. The standard InChI is InChI=1S/C23H34N2O2/c1-8-19(9-2)25-21-13-18(7)24-23(20(21)14-26-10-3)27-22-16(5)11-15(4)12-17(22)6/h11-13,19H,8-10,14H2,1-7H3,(H,24,25). The van der Waals surface area contributed by atoms with E-state index in [1.54, 1.807) is 0 Å². The van der Waals surface area contributed by atoms with Gasteiger partial charge in [-0.15, -0.1) is 0 Å². The Balaban J connectivity index is 2.49. The van der Waals surface area contributed by atoms with Crippen molar-refractivity contribution in [2.45, 2.75) is 74.0 Å². The molecule has 0 aliphatic carbocycles. The van der Waals surface area contributed by atoms with Crippen molar-refractivity contribution in [1.29, 1.82) is 0 Å². The van der Waals surface area contributed by atoms with Gasteiger partial charge in [0.25, 0.3) is 0 Å². The summed E-state index contributed by atoms with van der Waals surface area (Å²) in [5, 5.41) is 3.66. The van der Waals surface area contributed by atoms with Crippen LogP contribution in [0, 0.1) is 27.7 Å². The number of anilines is 1. The zero-order valence-corrected chi connectivity index (χ0v) is 17.9. The minimum atomic E-state index is 0.419. The van der Waals surface area contributed by atoms with Crippen molar-refractivity contribution in [3.63, 3.8) is 0 Å². The quantitative estimate of drug-likeness (QED) is 0.567. The van der Waals surface area contributed by atoms with E-state index in [-0.39, 0.29) is 0 Å². The van der Waals surface area contributed by atoms with Crippen LogP contribution < -0.4 is 10.1 Å². The summed E-state index contributed by atoms with van der Waals surface area (Å²) in [4.78, 5) is 4.70. The Hall–Kier alpha value is -2.07. The first-order chi connectivity index (χ1) is 12.9. The minimum Gasteiger partial charge on any atom is -0.438 e. The summed E-state index contributed by atoms with van der Waals surface area (Å²) in [5.74, 6) is 1.51. The van der Waals surface area contributed by atoms with Crippen LogP contribution in [0.4, 0.5) is 5.69 Å². The molecule has 1 heterocycles. The summed E-state index contributed by atoms with van der Waals surface area (Å²) in [6, 6.07) is 6.80. The Morgan fingerprint density at radius 2 is 1.59 bits per heavy atom. The van der Waals surface area contributed by atoms with E-state index in [0.717, 1.165) is 46.7 Å². The van der Waals surface area contributed by atoms with Gasteiger partial charge in [0.05, 0.1) is 12.2 Å². The summed E-state index contributed by atoms with van der Waals surface area (Å²) in [7, 11) is 0. The van der Waals surface area contributed by atoms with Crippen LogP contribution in [0.2, 0.25) is 0 Å². The number of rotatable bonds is 9. The highest BCUT2D eigenvalue weighted by molar-refractivity contribution is 5.58. The number of aromatic nitrogens is 1. The Bertz CT molecular complexity index is 744. The highest BCUT2D eigenvalue weighted by Gasteiger charge is 2.18. The van der Waals surface area contributed by atoms with E-state index in [0.29, 0.717) is 25.1 Å². The summed E-state index contributed by atoms with van der Waals surface area (Å²) in [6.07, 6.45) is 2.14. The largest absolute Gasteiger partial charge is 0.438 e. The molecule has 27 heavy (non-hydrogen) atoms. The molecule has 1 N–H and O–H groups in total. The zero-order chi connectivity index (χ0) is 20.0. The lowest BCUT2D eigenvalue weighted by Gasteiger charge is -2.22. The summed E-state index contributed by atoms with van der Waals surface area (Å²) in [6.45, 7) is 15.8. The van der Waals surface area contributed by atoms with E-state index in [2.05, 4.69) is 58.1 Å². The number of hydrogen-bond acceptors (Lipinski definition) is 4. The number of nitrogens with one attached hydrogen (secondary N) is 1. The van der Waals surface area contributed by atoms with Crippen LogP contribution in [0.1, 0.15) is 61.6 Å². The van der Waals surface area contributed by atoms with Crippen LogP contribution in [-0.2, 0) is 11.3 Å². The van der Waals surface area contributed by atoms with Crippen molar-refractivity contribution < 1.29 is 9.47 Å². The van der Waals surface area contributed by atoms with Gasteiger partial charge in [-0.2, -0.15) is 0 Å². The molecular formula is C23H34N2O2. The van der Waals surface area contributed by atoms with Gasteiger partial charge in [-0.3, -0.25) is 0 Å². The minimum absolute atomic E-state index is 0.419. The molecule has 1 aromatic heterocycles.